The Labute approximate surface area is 118 Å². The maximum Gasteiger partial charge on any atom is 0.299 e. The number of carbonyl (C=O) groups is 2. The van der Waals surface area contributed by atoms with E-state index in [1.165, 1.54) is 6.07 Å². The fraction of sp³-hybridized carbons (Fsp3) is 0.154. The number of halogens is 2. The number of rotatable bonds is 2. The second kappa shape index (κ2) is 4.42. The van der Waals surface area contributed by atoms with Crippen molar-refractivity contribution in [2.45, 2.75) is 6.54 Å². The van der Waals surface area contributed by atoms with Crippen LogP contribution in [-0.4, -0.2) is 21.2 Å². The lowest BCUT2D eigenvalue weighted by Gasteiger charge is -2.17. The third-order valence-corrected chi connectivity index (χ3v) is 3.57. The van der Waals surface area contributed by atoms with Gasteiger partial charge in [0, 0.05) is 13.2 Å². The first-order valence-corrected chi connectivity index (χ1v) is 6.18. The van der Waals surface area contributed by atoms with E-state index in [9.17, 15) is 14.0 Å². The first-order valence-electron chi connectivity index (χ1n) is 5.80. The molecular weight excluding hydrogens is 285 g/mol. The highest BCUT2D eigenvalue weighted by molar-refractivity contribution is 6.55. The normalized spacial score (nSPS) is 14.1. The van der Waals surface area contributed by atoms with Crippen molar-refractivity contribution in [2.24, 2.45) is 7.05 Å². The molecule has 0 radical (unpaired) electrons. The molecule has 0 saturated carbocycles. The van der Waals surface area contributed by atoms with Gasteiger partial charge in [0.1, 0.15) is 5.82 Å². The van der Waals surface area contributed by atoms with E-state index >= 15 is 0 Å². The molecule has 0 atom stereocenters. The van der Waals surface area contributed by atoms with Crippen LogP contribution in [0.1, 0.15) is 16.1 Å². The number of ketones is 1. The van der Waals surface area contributed by atoms with Crippen LogP contribution in [0.25, 0.3) is 0 Å². The van der Waals surface area contributed by atoms with E-state index in [4.69, 9.17) is 11.6 Å². The summed E-state index contributed by atoms with van der Waals surface area (Å²) in [6.07, 6.45) is 3.12. The number of fused-ring (bicyclic) bond motifs is 1. The van der Waals surface area contributed by atoms with Gasteiger partial charge in [-0.25, -0.2) is 9.37 Å². The van der Waals surface area contributed by atoms with Gasteiger partial charge in [0.05, 0.1) is 34.8 Å². The minimum Gasteiger partial charge on any atom is -0.336 e. The molecular formula is C13H9ClFN3O2. The van der Waals surface area contributed by atoms with Crippen molar-refractivity contribution in [3.8, 4) is 0 Å². The standard InChI is InChI=1S/C13H9ClFN3O2/c1-17-6-16-4-7(17)5-18-11-9(15)3-2-8(14)10(11)12(19)13(18)20/h2-4,6H,5H2,1H3. The minimum atomic E-state index is -0.785. The van der Waals surface area contributed by atoms with Gasteiger partial charge in [-0.3, -0.25) is 14.5 Å². The summed E-state index contributed by atoms with van der Waals surface area (Å²) in [5.41, 5.74) is 0.547. The summed E-state index contributed by atoms with van der Waals surface area (Å²) in [5, 5.41) is 0.0762. The Morgan fingerprint density at radius 2 is 2.10 bits per heavy atom. The Kier molecular flexibility index (Phi) is 2.83. The highest BCUT2D eigenvalue weighted by Gasteiger charge is 2.40. The summed E-state index contributed by atoms with van der Waals surface area (Å²) in [5.74, 6) is -2.22. The molecule has 0 saturated heterocycles. The molecule has 2 aromatic rings. The van der Waals surface area contributed by atoms with Crippen molar-refractivity contribution in [1.82, 2.24) is 9.55 Å². The Hall–Kier alpha value is -2.21. The number of aryl methyl sites for hydroxylation is 1. The van der Waals surface area contributed by atoms with Crippen molar-refractivity contribution in [3.05, 3.63) is 46.8 Å². The maximum absolute atomic E-state index is 14.0. The second-order valence-corrected chi connectivity index (χ2v) is 4.88. The van der Waals surface area contributed by atoms with Gasteiger partial charge < -0.3 is 4.57 Å². The molecule has 1 aromatic heterocycles. The van der Waals surface area contributed by atoms with Crippen LogP contribution >= 0.6 is 11.6 Å². The number of benzene rings is 1. The van der Waals surface area contributed by atoms with Crippen LogP contribution in [0.2, 0.25) is 5.02 Å². The quantitative estimate of drug-likeness (QED) is 0.795. The molecule has 20 heavy (non-hydrogen) atoms. The van der Waals surface area contributed by atoms with Crippen molar-refractivity contribution < 1.29 is 14.0 Å². The zero-order valence-corrected chi connectivity index (χ0v) is 11.2. The average Bonchev–Trinajstić information content (AvgIpc) is 2.92. The molecule has 1 amide bonds. The third kappa shape index (κ3) is 1.72. The van der Waals surface area contributed by atoms with E-state index in [0.717, 1.165) is 11.0 Å². The number of hydrogen-bond acceptors (Lipinski definition) is 3. The van der Waals surface area contributed by atoms with Crippen LogP contribution in [0.15, 0.2) is 24.7 Å². The van der Waals surface area contributed by atoms with E-state index in [2.05, 4.69) is 4.98 Å². The molecule has 3 rings (SSSR count). The van der Waals surface area contributed by atoms with Gasteiger partial charge in [0.15, 0.2) is 0 Å². The Balaban J connectivity index is 2.11. The number of amides is 1. The molecule has 0 unspecified atom stereocenters. The van der Waals surface area contributed by atoms with Crippen molar-refractivity contribution in [2.75, 3.05) is 4.90 Å². The topological polar surface area (TPSA) is 55.2 Å². The van der Waals surface area contributed by atoms with Crippen LogP contribution in [-0.2, 0) is 18.4 Å². The second-order valence-electron chi connectivity index (χ2n) is 4.47. The van der Waals surface area contributed by atoms with Crippen molar-refractivity contribution in [3.63, 3.8) is 0 Å². The fourth-order valence-corrected chi connectivity index (χ4v) is 2.44. The predicted octanol–water partition coefficient (Wildman–Crippen LogP) is 1.94. The minimum absolute atomic E-state index is 0.0608. The average molecular weight is 294 g/mol. The number of anilines is 1. The molecule has 1 aliphatic rings. The monoisotopic (exact) mass is 293 g/mol. The summed E-state index contributed by atoms with van der Waals surface area (Å²) in [4.78, 5) is 29.0. The molecule has 2 heterocycles. The van der Waals surface area contributed by atoms with E-state index < -0.39 is 17.5 Å². The highest BCUT2D eigenvalue weighted by Crippen LogP contribution is 2.37. The van der Waals surface area contributed by atoms with E-state index in [0.29, 0.717) is 5.69 Å². The van der Waals surface area contributed by atoms with Gasteiger partial charge >= 0.3 is 0 Å². The lowest BCUT2D eigenvalue weighted by Crippen LogP contribution is -2.30. The molecule has 0 aliphatic carbocycles. The molecule has 0 bridgehead atoms. The van der Waals surface area contributed by atoms with Gasteiger partial charge in [-0.2, -0.15) is 0 Å². The molecule has 102 valence electrons. The first kappa shape index (κ1) is 12.8. The summed E-state index contributed by atoms with van der Waals surface area (Å²) in [6.45, 7) is 0.0608. The van der Waals surface area contributed by atoms with Crippen molar-refractivity contribution >= 4 is 29.0 Å². The van der Waals surface area contributed by atoms with Gasteiger partial charge in [-0.15, -0.1) is 0 Å². The molecule has 1 aliphatic heterocycles. The van der Waals surface area contributed by atoms with Crippen LogP contribution < -0.4 is 4.90 Å². The Morgan fingerprint density at radius 3 is 2.75 bits per heavy atom. The van der Waals surface area contributed by atoms with Gasteiger partial charge in [-0.1, -0.05) is 11.6 Å². The molecule has 0 fully saturated rings. The summed E-state index contributed by atoms with van der Waals surface area (Å²) < 4.78 is 15.7. The third-order valence-electron chi connectivity index (χ3n) is 3.25. The SMILES string of the molecule is Cn1cncc1CN1C(=O)C(=O)c2c(Cl)ccc(F)c21. The fourth-order valence-electron chi connectivity index (χ4n) is 2.20. The van der Waals surface area contributed by atoms with Crippen LogP contribution in [0.5, 0.6) is 0 Å². The summed E-state index contributed by atoms with van der Waals surface area (Å²) in [7, 11) is 1.75. The summed E-state index contributed by atoms with van der Waals surface area (Å²) in [6, 6.07) is 2.41. The van der Waals surface area contributed by atoms with E-state index in [-0.39, 0.29) is 22.8 Å². The molecule has 5 nitrogen and oxygen atoms in total. The Bertz CT molecular complexity index is 741. The van der Waals surface area contributed by atoms with Crippen LogP contribution in [0.3, 0.4) is 0 Å². The zero-order chi connectivity index (χ0) is 14.4. The number of aromatic nitrogens is 2. The smallest absolute Gasteiger partial charge is 0.299 e. The predicted molar refractivity (Wildman–Crippen MR) is 70.1 cm³/mol. The van der Waals surface area contributed by atoms with Gasteiger partial charge in [0.25, 0.3) is 11.7 Å². The molecule has 7 heteroatoms. The number of Topliss-reactive ketones (excluding diaryl/α,β-unsaturated/α-hetero) is 1. The number of imidazole rings is 1. The van der Waals surface area contributed by atoms with Gasteiger partial charge in [-0.05, 0) is 12.1 Å². The number of carbonyl (C=O) groups excluding carboxylic acids is 2. The van der Waals surface area contributed by atoms with Crippen molar-refractivity contribution in [1.29, 1.82) is 0 Å². The lowest BCUT2D eigenvalue weighted by molar-refractivity contribution is -0.114. The van der Waals surface area contributed by atoms with Crippen LogP contribution in [0.4, 0.5) is 10.1 Å². The molecule has 0 N–H and O–H groups in total. The first-order chi connectivity index (χ1) is 9.50. The lowest BCUT2D eigenvalue weighted by atomic mass is 10.1. The molecule has 0 spiro atoms. The number of nitrogens with zero attached hydrogens (tertiary/aromatic N) is 3. The van der Waals surface area contributed by atoms with Gasteiger partial charge in [0.2, 0.25) is 0 Å². The number of hydrogen-bond donors (Lipinski definition) is 0. The van der Waals surface area contributed by atoms with E-state index in [1.807, 2.05) is 0 Å². The van der Waals surface area contributed by atoms with E-state index in [1.54, 1.807) is 24.1 Å². The highest BCUT2D eigenvalue weighted by atomic mass is 35.5. The summed E-state index contributed by atoms with van der Waals surface area (Å²) >= 11 is 5.90. The molecule has 1 aromatic carbocycles. The zero-order valence-electron chi connectivity index (χ0n) is 10.4. The maximum atomic E-state index is 14.0. The Morgan fingerprint density at radius 1 is 1.35 bits per heavy atom. The largest absolute Gasteiger partial charge is 0.336 e. The van der Waals surface area contributed by atoms with Crippen LogP contribution in [0, 0.1) is 5.82 Å².